The van der Waals surface area contributed by atoms with E-state index in [9.17, 15) is 4.79 Å². The van der Waals surface area contributed by atoms with Gasteiger partial charge in [0.25, 0.3) is 5.91 Å². The highest BCUT2D eigenvalue weighted by Gasteiger charge is 2.21. The maximum absolute atomic E-state index is 11.3. The van der Waals surface area contributed by atoms with Gasteiger partial charge in [-0.05, 0) is 11.6 Å². The van der Waals surface area contributed by atoms with Gasteiger partial charge in [-0.1, -0.05) is 24.3 Å². The summed E-state index contributed by atoms with van der Waals surface area (Å²) in [5.41, 5.74) is 7.12. The van der Waals surface area contributed by atoms with Gasteiger partial charge in [0.15, 0.2) is 0 Å². The third kappa shape index (κ3) is 1.23. The third-order valence-electron chi connectivity index (χ3n) is 2.12. The van der Waals surface area contributed by atoms with Crippen LogP contribution >= 0.6 is 0 Å². The number of carbonyl (C=O) groups excluding carboxylic acids is 1. The van der Waals surface area contributed by atoms with Crippen LogP contribution in [0.5, 0.6) is 0 Å². The summed E-state index contributed by atoms with van der Waals surface area (Å²) < 4.78 is 0. The van der Waals surface area contributed by atoms with Gasteiger partial charge in [-0.15, -0.1) is 6.58 Å². The first-order valence-electron chi connectivity index (χ1n) is 4.10. The molecule has 2 N–H and O–H groups in total. The number of fused-ring (bicyclic) bond motifs is 1. The molecule has 3 nitrogen and oxygen atoms in total. The molecule has 0 aliphatic carbocycles. The molecule has 0 spiro atoms. The molecule has 1 aromatic rings. The zero-order valence-electron chi connectivity index (χ0n) is 7.08. The average Bonchev–Trinajstić information content (AvgIpc) is 2.19. The molecule has 1 aliphatic rings. The number of rotatable bonds is 1. The Bertz CT molecular complexity index is 360. The van der Waals surface area contributed by atoms with E-state index in [0.29, 0.717) is 5.56 Å². The Morgan fingerprint density at radius 3 is 2.92 bits per heavy atom. The smallest absolute Gasteiger partial charge is 0.265 e. The maximum atomic E-state index is 11.3. The van der Waals surface area contributed by atoms with Crippen LogP contribution in [0.1, 0.15) is 22.0 Å². The van der Waals surface area contributed by atoms with Gasteiger partial charge in [0.2, 0.25) is 0 Å². The highest BCUT2D eigenvalue weighted by atomic mass is 16.2. The molecular weight excluding hydrogens is 164 g/mol. The van der Waals surface area contributed by atoms with Gasteiger partial charge in [-0.3, -0.25) is 10.2 Å². The monoisotopic (exact) mass is 174 g/mol. The highest BCUT2D eigenvalue weighted by Crippen LogP contribution is 2.20. The maximum Gasteiger partial charge on any atom is 0.265 e. The number of hydrazine groups is 1. The van der Waals surface area contributed by atoms with Gasteiger partial charge in [-0.2, -0.15) is 0 Å². The summed E-state index contributed by atoms with van der Waals surface area (Å²) in [7, 11) is 0. The lowest BCUT2D eigenvalue weighted by Gasteiger charge is -2.24. The minimum absolute atomic E-state index is 0.00824. The van der Waals surface area contributed by atoms with Gasteiger partial charge in [0.05, 0.1) is 6.04 Å². The molecular formula is C10H10N2O. The van der Waals surface area contributed by atoms with Crippen molar-refractivity contribution in [2.45, 2.75) is 6.04 Å². The van der Waals surface area contributed by atoms with Crippen LogP contribution in [-0.2, 0) is 0 Å². The van der Waals surface area contributed by atoms with Crippen molar-refractivity contribution in [1.82, 2.24) is 10.9 Å². The Labute approximate surface area is 76.4 Å². The molecule has 1 atom stereocenters. The fourth-order valence-electron chi connectivity index (χ4n) is 1.45. The molecule has 13 heavy (non-hydrogen) atoms. The van der Waals surface area contributed by atoms with Crippen molar-refractivity contribution in [3.05, 3.63) is 48.0 Å². The van der Waals surface area contributed by atoms with Crippen LogP contribution in [-0.4, -0.2) is 5.91 Å². The lowest BCUT2D eigenvalue weighted by atomic mass is 9.99. The molecule has 0 fully saturated rings. The van der Waals surface area contributed by atoms with Crippen LogP contribution in [0.3, 0.4) is 0 Å². The SMILES string of the molecule is C=CC1NNC(=O)c2ccccc21. The number of amides is 1. The van der Waals surface area contributed by atoms with E-state index in [2.05, 4.69) is 17.4 Å². The van der Waals surface area contributed by atoms with E-state index < -0.39 is 0 Å². The number of carbonyl (C=O) groups is 1. The summed E-state index contributed by atoms with van der Waals surface area (Å²) >= 11 is 0. The largest absolute Gasteiger partial charge is 0.287 e. The first kappa shape index (κ1) is 8.01. The van der Waals surface area contributed by atoms with Crippen LogP contribution in [0.4, 0.5) is 0 Å². The summed E-state index contributed by atoms with van der Waals surface area (Å²) in [5.74, 6) is -0.0892. The van der Waals surface area contributed by atoms with Crippen LogP contribution in [0.15, 0.2) is 36.9 Å². The third-order valence-corrected chi connectivity index (χ3v) is 2.12. The van der Waals surface area contributed by atoms with Crippen LogP contribution in [0.25, 0.3) is 0 Å². The second-order valence-electron chi connectivity index (χ2n) is 2.90. The molecule has 1 amide bonds. The zero-order chi connectivity index (χ0) is 9.26. The quantitative estimate of drug-likeness (QED) is 0.627. The summed E-state index contributed by atoms with van der Waals surface area (Å²) in [4.78, 5) is 11.3. The molecule has 0 saturated heterocycles. The van der Waals surface area contributed by atoms with Crippen molar-refractivity contribution < 1.29 is 4.79 Å². The van der Waals surface area contributed by atoms with Crippen molar-refractivity contribution in [3.8, 4) is 0 Å². The first-order valence-corrected chi connectivity index (χ1v) is 4.10. The van der Waals surface area contributed by atoms with E-state index in [4.69, 9.17) is 0 Å². The van der Waals surface area contributed by atoms with Gasteiger partial charge in [-0.25, -0.2) is 5.43 Å². The van der Waals surface area contributed by atoms with E-state index in [-0.39, 0.29) is 11.9 Å². The zero-order valence-corrected chi connectivity index (χ0v) is 7.08. The molecule has 1 aliphatic heterocycles. The van der Waals surface area contributed by atoms with Crippen molar-refractivity contribution in [2.24, 2.45) is 0 Å². The minimum atomic E-state index is -0.0892. The molecule has 1 unspecified atom stereocenters. The summed E-state index contributed by atoms with van der Waals surface area (Å²) in [6.07, 6.45) is 1.76. The normalized spacial score (nSPS) is 20.3. The van der Waals surface area contributed by atoms with Crippen LogP contribution < -0.4 is 10.9 Å². The molecule has 0 aromatic heterocycles. The number of nitrogens with one attached hydrogen (secondary N) is 2. The molecule has 1 heterocycles. The Balaban J connectivity index is 2.53. The van der Waals surface area contributed by atoms with Gasteiger partial charge in [0, 0.05) is 5.56 Å². The average molecular weight is 174 g/mol. The Morgan fingerprint density at radius 2 is 2.15 bits per heavy atom. The Kier molecular flexibility index (Phi) is 1.87. The first-order chi connectivity index (χ1) is 6.33. The van der Waals surface area contributed by atoms with E-state index >= 15 is 0 Å². The van der Waals surface area contributed by atoms with Gasteiger partial charge in [0.1, 0.15) is 0 Å². The summed E-state index contributed by atoms with van der Waals surface area (Å²) in [6.45, 7) is 3.69. The van der Waals surface area contributed by atoms with E-state index in [0.717, 1.165) is 5.56 Å². The van der Waals surface area contributed by atoms with Crippen LogP contribution in [0, 0.1) is 0 Å². The lowest BCUT2D eigenvalue weighted by molar-refractivity contribution is 0.0914. The molecule has 1 aromatic carbocycles. The van der Waals surface area contributed by atoms with E-state index in [1.165, 1.54) is 0 Å². The Morgan fingerprint density at radius 1 is 1.38 bits per heavy atom. The number of hydrogen-bond acceptors (Lipinski definition) is 2. The lowest BCUT2D eigenvalue weighted by Crippen LogP contribution is -2.44. The summed E-state index contributed by atoms with van der Waals surface area (Å²) in [6, 6.07) is 7.50. The van der Waals surface area contributed by atoms with Crippen molar-refractivity contribution >= 4 is 5.91 Å². The van der Waals surface area contributed by atoms with Crippen LogP contribution in [0.2, 0.25) is 0 Å². The van der Waals surface area contributed by atoms with Crippen molar-refractivity contribution in [2.75, 3.05) is 0 Å². The molecule has 3 heteroatoms. The minimum Gasteiger partial charge on any atom is -0.287 e. The molecule has 66 valence electrons. The Hall–Kier alpha value is -1.61. The van der Waals surface area contributed by atoms with Gasteiger partial charge >= 0.3 is 0 Å². The number of hydrogen-bond donors (Lipinski definition) is 2. The number of benzene rings is 1. The molecule has 0 bridgehead atoms. The highest BCUT2D eigenvalue weighted by molar-refractivity contribution is 5.96. The fourth-order valence-corrected chi connectivity index (χ4v) is 1.45. The van der Waals surface area contributed by atoms with E-state index in [1.807, 2.05) is 24.3 Å². The molecule has 0 saturated carbocycles. The summed E-state index contributed by atoms with van der Waals surface area (Å²) in [5, 5.41) is 0. The van der Waals surface area contributed by atoms with E-state index in [1.54, 1.807) is 6.08 Å². The second kappa shape index (κ2) is 3.03. The molecule has 0 radical (unpaired) electrons. The molecule has 2 rings (SSSR count). The van der Waals surface area contributed by atoms with Crippen molar-refractivity contribution in [1.29, 1.82) is 0 Å². The van der Waals surface area contributed by atoms with Crippen molar-refractivity contribution in [3.63, 3.8) is 0 Å². The predicted octanol–water partition coefficient (Wildman–Crippen LogP) is 1.16. The van der Waals surface area contributed by atoms with Gasteiger partial charge < -0.3 is 0 Å². The predicted molar refractivity (Wildman–Crippen MR) is 50.0 cm³/mol. The second-order valence-corrected chi connectivity index (χ2v) is 2.90. The fraction of sp³-hybridized carbons (Fsp3) is 0.100. The topological polar surface area (TPSA) is 41.1 Å². The standard InChI is InChI=1S/C10H10N2O/c1-2-9-7-5-3-4-6-8(7)10(13)12-11-9/h2-6,9,11H,1H2,(H,12,13).